The highest BCUT2D eigenvalue weighted by molar-refractivity contribution is 5.92. The fourth-order valence-electron chi connectivity index (χ4n) is 2.41. The highest BCUT2D eigenvalue weighted by atomic mass is 16.5. The minimum absolute atomic E-state index is 0.203. The summed E-state index contributed by atoms with van der Waals surface area (Å²) in [5, 5.41) is 15.0. The van der Waals surface area contributed by atoms with Crippen molar-refractivity contribution in [3.63, 3.8) is 0 Å². The van der Waals surface area contributed by atoms with Crippen LogP contribution in [0.25, 0.3) is 5.82 Å². The Bertz CT molecular complexity index is 968. The van der Waals surface area contributed by atoms with Crippen molar-refractivity contribution >= 4 is 5.91 Å². The quantitative estimate of drug-likeness (QED) is 0.734. The van der Waals surface area contributed by atoms with Gasteiger partial charge < -0.3 is 9.84 Å². The van der Waals surface area contributed by atoms with Crippen molar-refractivity contribution in [2.75, 3.05) is 6.54 Å². The van der Waals surface area contributed by atoms with Crippen LogP contribution in [0.15, 0.2) is 33.6 Å². The lowest BCUT2D eigenvalue weighted by atomic mass is 10.3. The molecule has 3 aromatic rings. The minimum Gasteiger partial charge on any atom is -0.361 e. The van der Waals surface area contributed by atoms with Crippen molar-refractivity contribution in [3.05, 3.63) is 57.5 Å². The molecule has 9 nitrogen and oxygen atoms in total. The molecule has 0 bridgehead atoms. The monoisotopic (exact) mass is 342 g/mol. The normalized spacial score (nSPS) is 10.8. The first kappa shape index (κ1) is 16.6. The van der Waals surface area contributed by atoms with Gasteiger partial charge in [-0.05, 0) is 32.9 Å². The zero-order chi connectivity index (χ0) is 18.0. The summed E-state index contributed by atoms with van der Waals surface area (Å²) in [5.41, 5.74) is 1.74. The molecule has 0 saturated carbocycles. The van der Waals surface area contributed by atoms with Crippen LogP contribution in [0.2, 0.25) is 0 Å². The van der Waals surface area contributed by atoms with Gasteiger partial charge in [0, 0.05) is 24.4 Å². The van der Waals surface area contributed by atoms with Crippen LogP contribution in [0.1, 0.15) is 27.6 Å². The van der Waals surface area contributed by atoms with Crippen LogP contribution >= 0.6 is 0 Å². The highest BCUT2D eigenvalue weighted by Gasteiger charge is 2.11. The number of carbonyl (C=O) groups is 1. The molecule has 0 aromatic carbocycles. The van der Waals surface area contributed by atoms with Gasteiger partial charge in [-0.15, -0.1) is 5.10 Å². The number of nitrogens with zero attached hydrogens (tertiary/aromatic N) is 5. The van der Waals surface area contributed by atoms with Gasteiger partial charge in [0.15, 0.2) is 11.5 Å². The van der Waals surface area contributed by atoms with Crippen LogP contribution in [-0.4, -0.2) is 37.2 Å². The van der Waals surface area contributed by atoms with E-state index in [9.17, 15) is 9.59 Å². The molecule has 3 rings (SSSR count). The molecule has 0 atom stereocenters. The Morgan fingerprint density at radius 2 is 2.00 bits per heavy atom. The molecule has 9 heteroatoms. The van der Waals surface area contributed by atoms with Crippen molar-refractivity contribution < 1.29 is 9.32 Å². The fourth-order valence-corrected chi connectivity index (χ4v) is 2.41. The van der Waals surface area contributed by atoms with Crippen molar-refractivity contribution in [2.45, 2.75) is 27.3 Å². The SMILES string of the molecule is Cc1cc(C)n(-c2ccc(=O)n(CCNC(=O)c3cc(C)on3)n2)n1. The number of hydrogen-bond acceptors (Lipinski definition) is 6. The molecule has 0 spiro atoms. The van der Waals surface area contributed by atoms with E-state index in [4.69, 9.17) is 4.52 Å². The third kappa shape index (κ3) is 3.65. The molecule has 0 fully saturated rings. The topological polar surface area (TPSA) is 108 Å². The number of hydrogen-bond donors (Lipinski definition) is 1. The van der Waals surface area contributed by atoms with Crippen LogP contribution in [0.3, 0.4) is 0 Å². The maximum absolute atomic E-state index is 12.0. The number of rotatable bonds is 5. The van der Waals surface area contributed by atoms with E-state index in [-0.39, 0.29) is 30.2 Å². The van der Waals surface area contributed by atoms with Crippen LogP contribution in [0.4, 0.5) is 0 Å². The van der Waals surface area contributed by atoms with E-state index in [0.717, 1.165) is 11.4 Å². The van der Waals surface area contributed by atoms with Crippen molar-refractivity contribution in [3.8, 4) is 5.82 Å². The van der Waals surface area contributed by atoms with Gasteiger partial charge in [0.25, 0.3) is 11.5 Å². The second-order valence-electron chi connectivity index (χ2n) is 5.67. The Balaban J connectivity index is 1.70. The van der Waals surface area contributed by atoms with E-state index in [2.05, 4.69) is 20.7 Å². The van der Waals surface area contributed by atoms with Crippen molar-refractivity contribution in [2.24, 2.45) is 0 Å². The Labute approximate surface area is 143 Å². The predicted molar refractivity (Wildman–Crippen MR) is 88.7 cm³/mol. The molecule has 25 heavy (non-hydrogen) atoms. The highest BCUT2D eigenvalue weighted by Crippen LogP contribution is 2.07. The van der Waals surface area contributed by atoms with E-state index in [1.807, 2.05) is 19.9 Å². The van der Waals surface area contributed by atoms with Crippen molar-refractivity contribution in [1.29, 1.82) is 0 Å². The lowest BCUT2D eigenvalue weighted by Gasteiger charge is -2.08. The first-order valence-electron chi connectivity index (χ1n) is 7.77. The van der Waals surface area contributed by atoms with Gasteiger partial charge in [0.1, 0.15) is 5.76 Å². The standard InChI is InChI=1S/C16H18N6O3/c1-10-8-11(2)22(18-10)14-4-5-15(23)21(19-14)7-6-17-16(24)13-9-12(3)25-20-13/h4-5,8-9H,6-7H2,1-3H3,(H,17,24). The summed E-state index contributed by atoms with van der Waals surface area (Å²) in [6.07, 6.45) is 0. The van der Waals surface area contributed by atoms with Gasteiger partial charge in [-0.3, -0.25) is 9.59 Å². The van der Waals surface area contributed by atoms with Gasteiger partial charge >= 0.3 is 0 Å². The molecule has 3 heterocycles. The zero-order valence-corrected chi connectivity index (χ0v) is 14.2. The third-order valence-corrected chi connectivity index (χ3v) is 3.55. The Morgan fingerprint density at radius 3 is 2.64 bits per heavy atom. The Hall–Kier alpha value is -3.23. The van der Waals surface area contributed by atoms with Crippen LogP contribution < -0.4 is 10.9 Å². The van der Waals surface area contributed by atoms with E-state index >= 15 is 0 Å². The molecule has 3 aromatic heterocycles. The molecule has 0 aliphatic rings. The van der Waals surface area contributed by atoms with Gasteiger partial charge in [-0.2, -0.15) is 5.10 Å². The van der Waals surface area contributed by atoms with Crippen molar-refractivity contribution in [1.82, 2.24) is 30.0 Å². The second kappa shape index (κ2) is 6.71. The minimum atomic E-state index is -0.361. The van der Waals surface area contributed by atoms with Gasteiger partial charge in [0.05, 0.1) is 12.2 Å². The molecule has 0 saturated heterocycles. The summed E-state index contributed by atoms with van der Waals surface area (Å²) < 4.78 is 7.82. The summed E-state index contributed by atoms with van der Waals surface area (Å²) in [6.45, 7) is 5.97. The number of aryl methyl sites for hydroxylation is 3. The molecule has 0 radical (unpaired) electrons. The molecule has 130 valence electrons. The molecule has 0 aliphatic carbocycles. The lowest BCUT2D eigenvalue weighted by Crippen LogP contribution is -2.32. The largest absolute Gasteiger partial charge is 0.361 e. The van der Waals surface area contributed by atoms with Gasteiger partial charge in [-0.1, -0.05) is 5.16 Å². The number of aromatic nitrogens is 5. The molecule has 1 N–H and O–H groups in total. The first-order valence-corrected chi connectivity index (χ1v) is 7.77. The molecule has 0 aliphatic heterocycles. The van der Waals surface area contributed by atoms with E-state index in [1.165, 1.54) is 10.7 Å². The smallest absolute Gasteiger partial charge is 0.273 e. The summed E-state index contributed by atoms with van der Waals surface area (Å²) in [5.74, 6) is 0.740. The molecule has 0 unspecified atom stereocenters. The molecular weight excluding hydrogens is 324 g/mol. The Kier molecular flexibility index (Phi) is 4.46. The summed E-state index contributed by atoms with van der Waals surface area (Å²) in [6, 6.07) is 6.52. The van der Waals surface area contributed by atoms with Crippen LogP contribution in [0.5, 0.6) is 0 Å². The van der Waals surface area contributed by atoms with E-state index in [1.54, 1.807) is 23.7 Å². The van der Waals surface area contributed by atoms with E-state index in [0.29, 0.717) is 11.6 Å². The summed E-state index contributed by atoms with van der Waals surface area (Å²) in [4.78, 5) is 23.9. The maximum Gasteiger partial charge on any atom is 0.273 e. The van der Waals surface area contributed by atoms with Gasteiger partial charge in [-0.25, -0.2) is 9.36 Å². The predicted octanol–water partition coefficient (Wildman–Crippen LogP) is 0.772. The van der Waals surface area contributed by atoms with Crippen LogP contribution in [-0.2, 0) is 6.54 Å². The Morgan fingerprint density at radius 1 is 1.20 bits per heavy atom. The number of amides is 1. The number of nitrogens with one attached hydrogen (secondary N) is 1. The maximum atomic E-state index is 12.0. The molecular formula is C16H18N6O3. The third-order valence-electron chi connectivity index (χ3n) is 3.55. The average molecular weight is 342 g/mol. The summed E-state index contributed by atoms with van der Waals surface area (Å²) >= 11 is 0. The molecule has 1 amide bonds. The van der Waals surface area contributed by atoms with Crippen LogP contribution in [0, 0.1) is 20.8 Å². The van der Waals surface area contributed by atoms with Gasteiger partial charge in [0.2, 0.25) is 0 Å². The second-order valence-corrected chi connectivity index (χ2v) is 5.67. The lowest BCUT2D eigenvalue weighted by molar-refractivity contribution is 0.0942. The summed E-state index contributed by atoms with van der Waals surface area (Å²) in [7, 11) is 0. The average Bonchev–Trinajstić information content (AvgIpc) is 3.14. The number of carbonyl (C=O) groups excluding carboxylic acids is 1. The van der Waals surface area contributed by atoms with E-state index < -0.39 is 0 Å². The zero-order valence-electron chi connectivity index (χ0n) is 14.2. The fraction of sp³-hybridized carbons (Fsp3) is 0.312. The first-order chi connectivity index (χ1) is 11.9.